The van der Waals surface area contributed by atoms with Crippen LogP contribution in [0.5, 0.6) is 5.88 Å². The Morgan fingerprint density at radius 2 is 1.97 bits per heavy atom. The van der Waals surface area contributed by atoms with Crippen molar-refractivity contribution in [2.24, 2.45) is 0 Å². The molecule has 0 radical (unpaired) electrons. The molecule has 0 saturated heterocycles. The van der Waals surface area contributed by atoms with Crippen LogP contribution in [-0.4, -0.2) is 32.9 Å². The molecule has 1 atom stereocenters. The monoisotopic (exact) mass is 470 g/mol. The number of thioether (sulfide) groups is 1. The molecular formula is C21H19BrN4O2S. The number of aromatic nitrogens is 3. The van der Waals surface area contributed by atoms with Gasteiger partial charge in [-0.05, 0) is 24.6 Å². The van der Waals surface area contributed by atoms with Crippen LogP contribution in [0.2, 0.25) is 0 Å². The van der Waals surface area contributed by atoms with E-state index in [9.17, 15) is 4.79 Å². The van der Waals surface area contributed by atoms with Crippen LogP contribution in [-0.2, 0) is 0 Å². The summed E-state index contributed by atoms with van der Waals surface area (Å²) in [6, 6.07) is 14.8. The minimum Gasteiger partial charge on any atom is -0.444 e. The molecule has 0 amide bonds. The van der Waals surface area contributed by atoms with Crippen LogP contribution < -0.4 is 10.1 Å². The largest absolute Gasteiger partial charge is 0.444 e. The fourth-order valence-electron chi connectivity index (χ4n) is 2.90. The molecule has 0 spiro atoms. The zero-order valence-corrected chi connectivity index (χ0v) is 18.2. The Labute approximate surface area is 181 Å². The first-order valence-corrected chi connectivity index (χ1v) is 11.1. The van der Waals surface area contributed by atoms with Gasteiger partial charge in [0.2, 0.25) is 23.0 Å². The Balaban J connectivity index is 1.70. The maximum atomic E-state index is 13.1. The molecule has 1 aromatic heterocycles. The first kappa shape index (κ1) is 19.8. The molecule has 3 aromatic rings. The summed E-state index contributed by atoms with van der Waals surface area (Å²) in [7, 11) is 0. The van der Waals surface area contributed by atoms with Gasteiger partial charge in [0.15, 0.2) is 5.69 Å². The summed E-state index contributed by atoms with van der Waals surface area (Å²) in [5, 5.41) is 12.3. The Kier molecular flexibility index (Phi) is 6.10. The molecule has 0 aliphatic carbocycles. The number of nitrogens with zero attached hydrogens (tertiary/aromatic N) is 3. The van der Waals surface area contributed by atoms with Gasteiger partial charge < -0.3 is 10.1 Å². The molecule has 2 heterocycles. The number of nitrogens with one attached hydrogen (secondary N) is 1. The topological polar surface area (TPSA) is 77.0 Å². The van der Waals surface area contributed by atoms with E-state index in [2.05, 4.69) is 43.4 Å². The maximum Gasteiger partial charge on any atom is 0.247 e. The molecular weight excluding hydrogens is 452 g/mol. The van der Waals surface area contributed by atoms with Crippen LogP contribution in [0.1, 0.15) is 30.1 Å². The third kappa shape index (κ3) is 4.43. The summed E-state index contributed by atoms with van der Waals surface area (Å²) in [4.78, 5) is 17.7. The number of anilines is 1. The third-order valence-electron chi connectivity index (χ3n) is 4.43. The number of rotatable bonds is 6. The van der Waals surface area contributed by atoms with Gasteiger partial charge in [0, 0.05) is 27.0 Å². The van der Waals surface area contributed by atoms with Gasteiger partial charge in [-0.3, -0.25) is 4.79 Å². The summed E-state index contributed by atoms with van der Waals surface area (Å²) < 4.78 is 6.94. The second-order valence-electron chi connectivity index (χ2n) is 6.51. The minimum absolute atomic E-state index is 0.182. The Hall–Kier alpha value is -2.45. The lowest BCUT2D eigenvalue weighted by atomic mass is 10.1. The van der Waals surface area contributed by atoms with Gasteiger partial charge in [-0.2, -0.15) is 4.98 Å². The molecule has 1 N–H and O–H groups in total. The average Bonchev–Trinajstić information content (AvgIpc) is 2.90. The maximum absolute atomic E-state index is 13.1. The molecule has 0 saturated carbocycles. The van der Waals surface area contributed by atoms with E-state index < -0.39 is 6.23 Å². The van der Waals surface area contributed by atoms with Gasteiger partial charge in [-0.15, -0.1) is 10.2 Å². The quantitative estimate of drug-likeness (QED) is 0.301. The van der Waals surface area contributed by atoms with E-state index in [1.165, 1.54) is 11.8 Å². The normalized spacial score (nSPS) is 14.8. The number of ether oxygens (including phenoxy) is 1. The lowest BCUT2D eigenvalue weighted by molar-refractivity contribution is 0.0823. The molecule has 8 heteroatoms. The van der Waals surface area contributed by atoms with E-state index in [0.717, 1.165) is 34.3 Å². The Bertz CT molecular complexity index is 1030. The van der Waals surface area contributed by atoms with E-state index in [1.54, 1.807) is 12.1 Å². The number of carbonyl (C=O) groups excluding carboxylic acids is 1. The fraction of sp³-hybridized carbons (Fsp3) is 0.238. The van der Waals surface area contributed by atoms with Crippen molar-refractivity contribution in [3.8, 4) is 17.1 Å². The van der Waals surface area contributed by atoms with Gasteiger partial charge in [0.05, 0.1) is 0 Å². The fourth-order valence-corrected chi connectivity index (χ4v) is 4.03. The summed E-state index contributed by atoms with van der Waals surface area (Å²) in [6.45, 7) is 2.14. The van der Waals surface area contributed by atoms with Gasteiger partial charge in [-0.25, -0.2) is 0 Å². The molecule has 0 fully saturated rings. The van der Waals surface area contributed by atoms with Gasteiger partial charge >= 0.3 is 0 Å². The number of benzene rings is 2. The van der Waals surface area contributed by atoms with Crippen molar-refractivity contribution in [3.63, 3.8) is 0 Å². The van der Waals surface area contributed by atoms with Crippen molar-refractivity contribution < 1.29 is 9.53 Å². The number of Topliss-reactive ketones (excluding diaryl/α,β-unsaturated/α-hetero) is 1. The van der Waals surface area contributed by atoms with Gasteiger partial charge in [0.1, 0.15) is 0 Å². The molecule has 2 aromatic carbocycles. The molecule has 29 heavy (non-hydrogen) atoms. The van der Waals surface area contributed by atoms with Crippen molar-refractivity contribution >= 4 is 39.2 Å². The van der Waals surface area contributed by atoms with E-state index >= 15 is 0 Å². The number of carbonyl (C=O) groups is 1. The van der Waals surface area contributed by atoms with Gasteiger partial charge in [0.25, 0.3) is 0 Å². The van der Waals surface area contributed by atoms with Crippen molar-refractivity contribution in [2.75, 3.05) is 11.1 Å². The number of hydrogen-bond acceptors (Lipinski definition) is 7. The molecule has 148 valence electrons. The van der Waals surface area contributed by atoms with Crippen molar-refractivity contribution in [1.82, 2.24) is 15.2 Å². The summed E-state index contributed by atoms with van der Waals surface area (Å²) in [5.74, 6) is 1.04. The predicted octanol–water partition coefficient (Wildman–Crippen LogP) is 5.21. The number of hydrogen-bond donors (Lipinski definition) is 1. The van der Waals surface area contributed by atoms with Crippen molar-refractivity contribution in [3.05, 3.63) is 58.6 Å². The third-order valence-corrected chi connectivity index (χ3v) is 5.88. The van der Waals surface area contributed by atoms with Crippen LogP contribution in [0.3, 0.4) is 0 Å². The molecule has 1 aliphatic heterocycles. The van der Waals surface area contributed by atoms with E-state index in [1.807, 2.05) is 36.4 Å². The number of unbranched alkanes of at least 4 members (excludes halogenated alkanes) is 1. The number of ketones is 1. The van der Waals surface area contributed by atoms with Crippen LogP contribution >= 0.6 is 27.7 Å². The first-order chi connectivity index (χ1) is 14.2. The summed E-state index contributed by atoms with van der Waals surface area (Å²) in [6.07, 6.45) is 1.26. The highest BCUT2D eigenvalue weighted by Gasteiger charge is 2.30. The van der Waals surface area contributed by atoms with Gasteiger partial charge in [-0.1, -0.05) is 71.4 Å². The second kappa shape index (κ2) is 8.92. The lowest BCUT2D eigenvalue weighted by Crippen LogP contribution is -2.35. The molecule has 0 unspecified atom stereocenters. The van der Waals surface area contributed by atoms with Crippen molar-refractivity contribution in [2.45, 2.75) is 31.1 Å². The standard InChI is InChI=1S/C21H19BrN4O2S/c1-2-3-12-29-21-24-19-17(25-26-21)15-6-4-5-7-16(15)23-20(28-19)18(27)13-8-10-14(22)11-9-13/h4-11,20,23H,2-3,12H2,1H3/t20-/m0/s1. The molecule has 0 bridgehead atoms. The zero-order chi connectivity index (χ0) is 20.2. The first-order valence-electron chi connectivity index (χ1n) is 9.35. The summed E-state index contributed by atoms with van der Waals surface area (Å²) in [5.41, 5.74) is 2.63. The lowest BCUT2D eigenvalue weighted by Gasteiger charge is -2.17. The summed E-state index contributed by atoms with van der Waals surface area (Å²) >= 11 is 4.93. The molecule has 6 nitrogen and oxygen atoms in total. The van der Waals surface area contributed by atoms with Crippen LogP contribution in [0.4, 0.5) is 5.69 Å². The second-order valence-corrected chi connectivity index (χ2v) is 8.49. The minimum atomic E-state index is -0.913. The van der Waals surface area contributed by atoms with E-state index in [-0.39, 0.29) is 5.78 Å². The number of halogens is 1. The van der Waals surface area contributed by atoms with Crippen LogP contribution in [0.15, 0.2) is 58.2 Å². The van der Waals surface area contributed by atoms with E-state index in [4.69, 9.17) is 4.74 Å². The van der Waals surface area contributed by atoms with Crippen LogP contribution in [0.25, 0.3) is 11.3 Å². The zero-order valence-electron chi connectivity index (χ0n) is 15.8. The highest BCUT2D eigenvalue weighted by Crippen LogP contribution is 2.36. The predicted molar refractivity (Wildman–Crippen MR) is 117 cm³/mol. The van der Waals surface area contributed by atoms with E-state index in [0.29, 0.717) is 22.3 Å². The van der Waals surface area contributed by atoms with Crippen molar-refractivity contribution in [1.29, 1.82) is 0 Å². The number of para-hydroxylation sites is 1. The highest BCUT2D eigenvalue weighted by atomic mass is 79.9. The SMILES string of the molecule is CCCCSc1nnc2c(n1)O[C@@H](C(=O)c1ccc(Br)cc1)Nc1ccccc1-2. The highest BCUT2D eigenvalue weighted by molar-refractivity contribution is 9.10. The number of fused-ring (bicyclic) bond motifs is 3. The average molecular weight is 471 g/mol. The molecule has 1 aliphatic rings. The molecule has 4 rings (SSSR count). The Morgan fingerprint density at radius 3 is 2.76 bits per heavy atom. The Morgan fingerprint density at radius 1 is 1.17 bits per heavy atom. The van der Waals surface area contributed by atoms with Crippen LogP contribution in [0, 0.1) is 0 Å². The smallest absolute Gasteiger partial charge is 0.247 e.